The molecule has 15 rings (SSSR count). The molecule has 12 heterocycles. The molecule has 12 aliphatic heterocycles. The first-order valence-electron chi connectivity index (χ1n) is 43.7. The van der Waals surface area contributed by atoms with Gasteiger partial charge in [-0.2, -0.15) is 0 Å². The van der Waals surface area contributed by atoms with Crippen LogP contribution in [0, 0.1) is 29.1 Å². The zero-order chi connectivity index (χ0) is 76.6. The molecule has 614 valence electrons. The van der Waals surface area contributed by atoms with E-state index in [1.54, 1.807) is 0 Å². The van der Waals surface area contributed by atoms with Gasteiger partial charge < -0.3 is 64.3 Å². The highest BCUT2D eigenvalue weighted by molar-refractivity contribution is 5.06. The number of hydrogen-bond acceptors (Lipinski definition) is 19. The Labute approximate surface area is 640 Å². The van der Waals surface area contributed by atoms with Crippen LogP contribution >= 0.6 is 0 Å². The average molecular weight is 1470 g/mol. The Balaban J connectivity index is 0.000000183. The van der Waals surface area contributed by atoms with Crippen LogP contribution in [0.1, 0.15) is 248 Å². The molecule has 3 saturated carbocycles. The molecule has 20 heteroatoms. The van der Waals surface area contributed by atoms with E-state index in [9.17, 15) is 4.39 Å². The fraction of sp³-hybridized carbons (Fsp3) is 1.00. The molecule has 0 radical (unpaired) electrons. The highest BCUT2D eigenvalue weighted by atomic mass is 19.1. The number of nitrogens with one attached hydrogen (secondary N) is 4. The second-order valence-electron chi connectivity index (χ2n) is 38.3. The Morgan fingerprint density at radius 1 is 0.490 bits per heavy atom. The molecular weight excluding hydrogens is 1300 g/mol. The summed E-state index contributed by atoms with van der Waals surface area (Å²) in [5, 5.41) is 13.7. The number of nitrogens with zero attached hydrogens (tertiary/aromatic N) is 8. The van der Waals surface area contributed by atoms with Gasteiger partial charge in [0.1, 0.15) is 11.8 Å². The number of rotatable bonds is 7. The zero-order valence-electron chi connectivity index (χ0n) is 71.4. The SMILES string of the molecule is CC(C)(C)N1CC2CC(N)C1C2.CC(C)N1CC(N)CC(F)C1.CC(C)N1CC2(CCCNC2)C1.CC(C)N1CC2(CNCCO2)C1.CC(C)N1CC2CCC1C2N.CC(C)N1CCC2CCCC2C1.CC(C)N1CCC2OCCNC2C1.CC(C)N1CCCC(N)C1.CC1CCC(N)CN1.CCC. The lowest BCUT2D eigenvalue weighted by Crippen LogP contribution is -2.70. The highest BCUT2D eigenvalue weighted by Crippen LogP contribution is 2.42. The average Bonchev–Trinajstić information content (AvgIpc) is 0.855. The minimum Gasteiger partial charge on any atom is -0.375 e. The number of ether oxygens (including phenoxy) is 2. The quantitative estimate of drug-likeness (QED) is 0.116. The normalized spacial score (nSPS) is 34.9. The van der Waals surface area contributed by atoms with Crippen LogP contribution in [0.15, 0.2) is 0 Å². The summed E-state index contributed by atoms with van der Waals surface area (Å²) in [6.45, 7) is 69.4. The van der Waals surface area contributed by atoms with Gasteiger partial charge in [-0.1, -0.05) is 33.1 Å². The lowest BCUT2D eigenvalue weighted by Gasteiger charge is -2.54. The van der Waals surface area contributed by atoms with E-state index in [2.05, 4.69) is 199 Å². The van der Waals surface area contributed by atoms with Crippen molar-refractivity contribution in [1.82, 2.24) is 60.5 Å². The van der Waals surface area contributed by atoms with Crippen LogP contribution in [-0.2, 0) is 9.47 Å². The van der Waals surface area contributed by atoms with Crippen molar-refractivity contribution in [3.05, 3.63) is 0 Å². The Morgan fingerprint density at radius 2 is 1.10 bits per heavy atom. The van der Waals surface area contributed by atoms with Crippen molar-refractivity contribution >= 4 is 0 Å². The molecule has 0 amide bonds. The number of nitrogens with two attached hydrogens (primary N) is 5. The molecule has 15 unspecified atom stereocenters. The van der Waals surface area contributed by atoms with E-state index in [1.807, 2.05) is 0 Å². The molecule has 3 aliphatic carbocycles. The lowest BCUT2D eigenvalue weighted by atomic mass is 9.73. The van der Waals surface area contributed by atoms with Crippen LogP contribution in [0.25, 0.3) is 0 Å². The number of hydrogen-bond donors (Lipinski definition) is 9. The molecule has 104 heavy (non-hydrogen) atoms. The monoisotopic (exact) mass is 1470 g/mol. The third-order valence-electron chi connectivity index (χ3n) is 26.0. The Morgan fingerprint density at radius 3 is 1.58 bits per heavy atom. The summed E-state index contributed by atoms with van der Waals surface area (Å²) >= 11 is 0. The number of halogens is 1. The van der Waals surface area contributed by atoms with Crippen LogP contribution in [0.2, 0.25) is 0 Å². The molecule has 15 atom stereocenters. The van der Waals surface area contributed by atoms with Gasteiger partial charge in [0.25, 0.3) is 0 Å². The lowest BCUT2D eigenvalue weighted by molar-refractivity contribution is -0.164. The minimum absolute atomic E-state index is 0.0288. The van der Waals surface area contributed by atoms with Gasteiger partial charge in [0.2, 0.25) is 0 Å². The van der Waals surface area contributed by atoms with Gasteiger partial charge in [0, 0.05) is 219 Å². The van der Waals surface area contributed by atoms with Gasteiger partial charge in [-0.25, -0.2) is 4.39 Å². The molecular formula is C84H174FN17O2. The van der Waals surface area contributed by atoms with Gasteiger partial charge >= 0.3 is 0 Å². The number of piperidine rings is 8. The Bertz CT molecular complexity index is 2190. The predicted molar refractivity (Wildman–Crippen MR) is 441 cm³/mol. The van der Waals surface area contributed by atoms with E-state index in [1.165, 1.54) is 168 Å². The molecule has 0 aromatic carbocycles. The van der Waals surface area contributed by atoms with Crippen molar-refractivity contribution in [2.75, 3.05) is 144 Å². The molecule has 15 aliphatic rings. The van der Waals surface area contributed by atoms with Crippen molar-refractivity contribution in [2.24, 2.45) is 57.8 Å². The van der Waals surface area contributed by atoms with Gasteiger partial charge in [0.15, 0.2) is 0 Å². The maximum Gasteiger partial charge on any atom is 0.114 e. The molecule has 12 saturated heterocycles. The third kappa shape index (κ3) is 29.6. The first kappa shape index (κ1) is 92.0. The molecule has 4 bridgehead atoms. The number of morpholine rings is 2. The van der Waals surface area contributed by atoms with E-state index in [-0.39, 0.29) is 11.6 Å². The zero-order valence-corrected chi connectivity index (χ0v) is 71.4. The van der Waals surface area contributed by atoms with E-state index >= 15 is 0 Å². The van der Waals surface area contributed by atoms with E-state index in [0.717, 1.165) is 108 Å². The summed E-state index contributed by atoms with van der Waals surface area (Å²) in [4.78, 5) is 19.9. The molecule has 19 nitrogen and oxygen atoms in total. The smallest absolute Gasteiger partial charge is 0.114 e. The maximum atomic E-state index is 12.9. The van der Waals surface area contributed by atoms with Crippen molar-refractivity contribution in [2.45, 2.75) is 368 Å². The summed E-state index contributed by atoms with van der Waals surface area (Å²) in [5.74, 6) is 3.85. The van der Waals surface area contributed by atoms with Crippen molar-refractivity contribution in [3.8, 4) is 0 Å². The summed E-state index contributed by atoms with van der Waals surface area (Å²) in [6, 6.07) is 9.08. The standard InChI is InChI=1S/C11H21N.C10H20N2O.2C10H20N2.C9H18N2O.C9H18N2.C8H17FN2.C8H18N2.C6H14N2.C3H8/c1-9(2)12-7-6-10-4-3-5-11(10)8-12;1-8(2)12-5-3-10-9(7-12)11-4-6-13-10;1-10(2,3)12-6-7-4-8(11)9(12)5-7;1-9(2)12-7-10(8-12)4-3-5-11-6-10;1-8(2)11-6-9(7-11)5-10-3-4-12-9;1-6(2)11-5-7-3-4-8(11)9(7)10;1-6(2)11-4-7(9)3-8(10)5-11;1-7(2)10-5-3-4-8(9)6-10;1-5-2-3-6(7)4-8-5;1-3-2/h9-11H,3-8H2,1-2H3;8-11H,3-7H2,1-2H3;7-9H,4-6,11H2,1-3H3;9,11H,3-8H2,1-2H3;8,10H,3-7H2,1-2H3;6-9H,3-5,10H2,1-2H3;6-8H,3-5,10H2,1-2H3;7-8H,3-6,9H2,1-2H3;5-6,8H,2-4,7H2,1H3;3H2,1-2H3. The van der Waals surface area contributed by atoms with Crippen LogP contribution in [0.3, 0.4) is 0 Å². The van der Waals surface area contributed by atoms with E-state index in [0.29, 0.717) is 109 Å². The van der Waals surface area contributed by atoms with Gasteiger partial charge in [0.05, 0.1) is 19.3 Å². The van der Waals surface area contributed by atoms with Gasteiger partial charge in [-0.05, 0) is 258 Å². The molecule has 0 aromatic heterocycles. The molecule has 14 N–H and O–H groups in total. The summed E-state index contributed by atoms with van der Waals surface area (Å²) in [6.07, 6.45) is 21.8. The van der Waals surface area contributed by atoms with Gasteiger partial charge in [-0.3, -0.25) is 34.3 Å². The molecule has 2 spiro atoms. The second-order valence-corrected chi connectivity index (χ2v) is 38.3. The van der Waals surface area contributed by atoms with E-state index in [4.69, 9.17) is 38.1 Å². The Kier molecular flexibility index (Phi) is 40.0. The first-order chi connectivity index (χ1) is 49.2. The number of likely N-dealkylation sites (tertiary alicyclic amines) is 8. The third-order valence-corrected chi connectivity index (χ3v) is 26.0. The van der Waals surface area contributed by atoms with Crippen LogP contribution in [-0.4, -0.2) is 303 Å². The molecule has 0 aromatic rings. The number of alkyl halides is 1. The van der Waals surface area contributed by atoms with Gasteiger partial charge in [-0.15, -0.1) is 0 Å². The largest absolute Gasteiger partial charge is 0.375 e. The summed E-state index contributed by atoms with van der Waals surface area (Å²) in [7, 11) is 0. The van der Waals surface area contributed by atoms with Crippen LogP contribution in [0.4, 0.5) is 4.39 Å². The summed E-state index contributed by atoms with van der Waals surface area (Å²) in [5.41, 5.74) is 30.4. The Hall–Kier alpha value is -0.830. The van der Waals surface area contributed by atoms with Crippen LogP contribution in [0.5, 0.6) is 0 Å². The van der Waals surface area contributed by atoms with Crippen molar-refractivity contribution < 1.29 is 13.9 Å². The topological polar surface area (TPSA) is 223 Å². The van der Waals surface area contributed by atoms with Crippen molar-refractivity contribution in [1.29, 1.82) is 0 Å². The highest BCUT2D eigenvalue weighted by Gasteiger charge is 2.49. The predicted octanol–water partition coefficient (Wildman–Crippen LogP) is 9.23. The first-order valence-corrected chi connectivity index (χ1v) is 43.7. The molecule has 15 fully saturated rings. The fourth-order valence-corrected chi connectivity index (χ4v) is 19.2. The second kappa shape index (κ2) is 45.2. The van der Waals surface area contributed by atoms with Crippen molar-refractivity contribution in [3.63, 3.8) is 0 Å². The van der Waals surface area contributed by atoms with E-state index < -0.39 is 6.17 Å². The maximum absolute atomic E-state index is 12.9. The van der Waals surface area contributed by atoms with Crippen LogP contribution < -0.4 is 49.9 Å². The number of fused-ring (bicyclic) bond motifs is 6. The minimum atomic E-state index is -0.721. The fourth-order valence-electron chi connectivity index (χ4n) is 19.2. The summed E-state index contributed by atoms with van der Waals surface area (Å²) < 4.78 is 24.4.